The zero-order chi connectivity index (χ0) is 14.5. The minimum Gasteiger partial charge on any atom is -0.489 e. The van der Waals surface area contributed by atoms with Crippen LogP contribution < -0.4 is 10.5 Å². The van der Waals surface area contributed by atoms with Crippen molar-refractivity contribution in [1.29, 1.82) is 0 Å². The van der Waals surface area contributed by atoms with Crippen LogP contribution in [0.1, 0.15) is 33.3 Å². The molecular formula is C15H24ClNO2. The van der Waals surface area contributed by atoms with Gasteiger partial charge in [-0.25, -0.2) is 0 Å². The maximum atomic E-state index is 6.18. The zero-order valence-electron chi connectivity index (χ0n) is 12.2. The fourth-order valence-electron chi connectivity index (χ4n) is 1.71. The first-order chi connectivity index (χ1) is 8.79. The van der Waals surface area contributed by atoms with Gasteiger partial charge in [-0.3, -0.25) is 0 Å². The molecule has 1 rings (SSSR count). The molecule has 0 aliphatic rings. The Hall–Kier alpha value is -0.770. The number of halogens is 1. The Bertz CT molecular complexity index is 400. The molecule has 1 aromatic carbocycles. The van der Waals surface area contributed by atoms with Gasteiger partial charge in [0.15, 0.2) is 0 Å². The van der Waals surface area contributed by atoms with Gasteiger partial charge in [-0.1, -0.05) is 23.7 Å². The summed E-state index contributed by atoms with van der Waals surface area (Å²) in [5.41, 5.74) is 6.72. The van der Waals surface area contributed by atoms with E-state index in [1.54, 1.807) is 0 Å². The van der Waals surface area contributed by atoms with Crippen molar-refractivity contribution < 1.29 is 9.47 Å². The van der Waals surface area contributed by atoms with Crippen LogP contribution in [0.3, 0.4) is 0 Å². The molecule has 19 heavy (non-hydrogen) atoms. The predicted molar refractivity (Wildman–Crippen MR) is 80.0 cm³/mol. The molecule has 0 radical (unpaired) electrons. The van der Waals surface area contributed by atoms with Gasteiger partial charge in [-0.2, -0.15) is 0 Å². The summed E-state index contributed by atoms with van der Waals surface area (Å²) in [6, 6.07) is 5.81. The molecule has 3 nitrogen and oxygen atoms in total. The van der Waals surface area contributed by atoms with Crippen molar-refractivity contribution in [3.8, 4) is 5.75 Å². The molecule has 0 saturated heterocycles. The lowest BCUT2D eigenvalue weighted by molar-refractivity contribution is -0.0163. The molecular weight excluding hydrogens is 262 g/mol. The Morgan fingerprint density at radius 3 is 2.53 bits per heavy atom. The van der Waals surface area contributed by atoms with Crippen LogP contribution in [-0.2, 0) is 11.2 Å². The van der Waals surface area contributed by atoms with E-state index in [2.05, 4.69) is 0 Å². The van der Waals surface area contributed by atoms with Crippen LogP contribution in [0.25, 0.3) is 0 Å². The molecule has 2 N–H and O–H groups in total. The van der Waals surface area contributed by atoms with Crippen molar-refractivity contribution in [1.82, 2.24) is 0 Å². The molecule has 0 aromatic heterocycles. The molecule has 108 valence electrons. The number of ether oxygens (including phenoxy) is 2. The first-order valence-corrected chi connectivity index (χ1v) is 6.97. The summed E-state index contributed by atoms with van der Waals surface area (Å²) in [5, 5.41) is 0.619. The normalized spacial score (nSPS) is 13.4. The van der Waals surface area contributed by atoms with Crippen molar-refractivity contribution >= 4 is 11.6 Å². The molecule has 0 aliphatic carbocycles. The Balaban J connectivity index is 2.61. The third-order valence-corrected chi connectivity index (χ3v) is 2.75. The van der Waals surface area contributed by atoms with Crippen LogP contribution in [-0.4, -0.2) is 24.9 Å². The number of benzene rings is 1. The van der Waals surface area contributed by atoms with Gasteiger partial charge in [0, 0.05) is 6.04 Å². The maximum absolute atomic E-state index is 6.18. The summed E-state index contributed by atoms with van der Waals surface area (Å²) >= 11 is 6.18. The molecule has 1 atom stereocenters. The van der Waals surface area contributed by atoms with E-state index in [4.69, 9.17) is 26.8 Å². The monoisotopic (exact) mass is 285 g/mol. The summed E-state index contributed by atoms with van der Waals surface area (Å²) in [6.45, 7) is 9.03. The topological polar surface area (TPSA) is 44.5 Å². The summed E-state index contributed by atoms with van der Waals surface area (Å²) in [6.07, 6.45) is 0.746. The standard InChI is InChI=1S/C15H24ClNO2/c1-11(17)10-12-6-5-7-13(16)14(12)18-8-9-19-15(2,3)4/h5-7,11H,8-10,17H2,1-4H3. The van der Waals surface area contributed by atoms with Crippen molar-refractivity contribution in [2.45, 2.75) is 45.8 Å². The lowest BCUT2D eigenvalue weighted by Crippen LogP contribution is -2.23. The summed E-state index contributed by atoms with van der Waals surface area (Å²) < 4.78 is 11.4. The molecule has 1 aromatic rings. The van der Waals surface area contributed by atoms with Gasteiger partial charge >= 0.3 is 0 Å². The molecule has 0 fully saturated rings. The molecule has 0 amide bonds. The molecule has 0 saturated carbocycles. The van der Waals surface area contributed by atoms with E-state index >= 15 is 0 Å². The van der Waals surface area contributed by atoms with Gasteiger partial charge in [0.1, 0.15) is 12.4 Å². The average Bonchev–Trinajstić information content (AvgIpc) is 2.25. The highest BCUT2D eigenvalue weighted by atomic mass is 35.5. The third-order valence-electron chi connectivity index (χ3n) is 2.46. The molecule has 0 heterocycles. The smallest absolute Gasteiger partial charge is 0.141 e. The van der Waals surface area contributed by atoms with Crippen LogP contribution in [0.4, 0.5) is 0 Å². The van der Waals surface area contributed by atoms with Gasteiger partial charge in [0.05, 0.1) is 17.2 Å². The number of hydrogen-bond donors (Lipinski definition) is 1. The van der Waals surface area contributed by atoms with E-state index in [1.807, 2.05) is 45.9 Å². The Labute approximate surface area is 121 Å². The number of nitrogens with two attached hydrogens (primary N) is 1. The van der Waals surface area contributed by atoms with E-state index in [0.717, 1.165) is 17.7 Å². The van der Waals surface area contributed by atoms with Gasteiger partial charge in [0.2, 0.25) is 0 Å². The number of rotatable bonds is 6. The quantitative estimate of drug-likeness (QED) is 0.815. The first kappa shape index (κ1) is 16.3. The zero-order valence-corrected chi connectivity index (χ0v) is 13.0. The van der Waals surface area contributed by atoms with E-state index < -0.39 is 0 Å². The lowest BCUT2D eigenvalue weighted by Gasteiger charge is -2.20. The van der Waals surface area contributed by atoms with Crippen molar-refractivity contribution in [2.24, 2.45) is 5.73 Å². The molecule has 0 aliphatic heterocycles. The van der Waals surface area contributed by atoms with E-state index in [1.165, 1.54) is 0 Å². The molecule has 0 spiro atoms. The van der Waals surface area contributed by atoms with E-state index in [-0.39, 0.29) is 11.6 Å². The average molecular weight is 286 g/mol. The SMILES string of the molecule is CC(N)Cc1cccc(Cl)c1OCCOC(C)(C)C. The Kier molecular flexibility index (Phi) is 6.11. The Morgan fingerprint density at radius 2 is 1.95 bits per heavy atom. The van der Waals surface area contributed by atoms with E-state index in [0.29, 0.717) is 18.2 Å². The van der Waals surface area contributed by atoms with Crippen molar-refractivity contribution in [3.05, 3.63) is 28.8 Å². The summed E-state index contributed by atoms with van der Waals surface area (Å²) in [5.74, 6) is 0.721. The molecule has 4 heteroatoms. The second-order valence-corrected chi connectivity index (χ2v) is 6.13. The van der Waals surface area contributed by atoms with Crippen LogP contribution in [0.5, 0.6) is 5.75 Å². The van der Waals surface area contributed by atoms with Crippen LogP contribution in [0.2, 0.25) is 5.02 Å². The van der Waals surface area contributed by atoms with Gasteiger partial charge in [-0.05, 0) is 45.7 Å². The number of para-hydroxylation sites is 1. The first-order valence-electron chi connectivity index (χ1n) is 6.59. The van der Waals surface area contributed by atoms with Crippen molar-refractivity contribution in [3.63, 3.8) is 0 Å². The molecule has 0 bridgehead atoms. The van der Waals surface area contributed by atoms with Gasteiger partial charge in [-0.15, -0.1) is 0 Å². The van der Waals surface area contributed by atoms with Crippen molar-refractivity contribution in [2.75, 3.05) is 13.2 Å². The second-order valence-electron chi connectivity index (χ2n) is 5.72. The maximum Gasteiger partial charge on any atom is 0.141 e. The predicted octanol–water partition coefficient (Wildman–Crippen LogP) is 3.42. The summed E-state index contributed by atoms with van der Waals surface area (Å²) in [7, 11) is 0. The lowest BCUT2D eigenvalue weighted by atomic mass is 10.1. The Morgan fingerprint density at radius 1 is 1.26 bits per heavy atom. The fraction of sp³-hybridized carbons (Fsp3) is 0.600. The number of hydrogen-bond acceptors (Lipinski definition) is 3. The third kappa shape index (κ3) is 6.28. The van der Waals surface area contributed by atoms with Crippen LogP contribution >= 0.6 is 11.6 Å². The molecule has 1 unspecified atom stereocenters. The van der Waals surface area contributed by atoms with Gasteiger partial charge in [0.25, 0.3) is 0 Å². The van der Waals surface area contributed by atoms with Crippen LogP contribution in [0, 0.1) is 0 Å². The minimum absolute atomic E-state index is 0.0756. The van der Waals surface area contributed by atoms with Gasteiger partial charge < -0.3 is 15.2 Å². The summed E-state index contributed by atoms with van der Waals surface area (Å²) in [4.78, 5) is 0. The highest BCUT2D eigenvalue weighted by Gasteiger charge is 2.12. The second kappa shape index (κ2) is 7.13. The highest BCUT2D eigenvalue weighted by molar-refractivity contribution is 6.32. The largest absolute Gasteiger partial charge is 0.489 e. The minimum atomic E-state index is -0.154. The van der Waals surface area contributed by atoms with E-state index in [9.17, 15) is 0 Å². The fourth-order valence-corrected chi connectivity index (χ4v) is 1.96. The van der Waals surface area contributed by atoms with Crippen LogP contribution in [0.15, 0.2) is 18.2 Å². The highest BCUT2D eigenvalue weighted by Crippen LogP contribution is 2.29.